The first-order valence-electron chi connectivity index (χ1n) is 6.17. The summed E-state index contributed by atoms with van der Waals surface area (Å²) in [6, 6.07) is 3.30. The maximum absolute atomic E-state index is 11.1. The molecule has 0 radical (unpaired) electrons. The molecule has 2 rings (SSSR count). The molecule has 0 unspecified atom stereocenters. The van der Waals surface area contributed by atoms with Crippen molar-refractivity contribution in [1.29, 1.82) is 0 Å². The van der Waals surface area contributed by atoms with Gasteiger partial charge < -0.3 is 5.11 Å². The maximum atomic E-state index is 11.1. The lowest BCUT2D eigenvalue weighted by molar-refractivity contribution is 0.0693. The summed E-state index contributed by atoms with van der Waals surface area (Å²) >= 11 is 0. The number of carboxylic acid groups (broad SMARTS) is 1. The third-order valence-electron chi connectivity index (χ3n) is 3.19. The largest absolute Gasteiger partial charge is 0.478 e. The van der Waals surface area contributed by atoms with Gasteiger partial charge in [0.2, 0.25) is 0 Å². The summed E-state index contributed by atoms with van der Waals surface area (Å²) in [6.07, 6.45) is 6.64. The van der Waals surface area contributed by atoms with Gasteiger partial charge in [-0.25, -0.2) is 4.79 Å². The minimum absolute atomic E-state index is 0.330. The first-order chi connectivity index (χ1) is 8.27. The van der Waals surface area contributed by atoms with Crippen LogP contribution in [0, 0.1) is 0 Å². The van der Waals surface area contributed by atoms with Crippen LogP contribution in [0.1, 0.15) is 41.7 Å². The second kappa shape index (κ2) is 5.77. The number of aromatic carboxylic acids is 1. The Morgan fingerprint density at radius 2 is 2.00 bits per heavy atom. The molecule has 0 atom stereocenters. The molecule has 1 aliphatic heterocycles. The Labute approximate surface area is 101 Å². The predicted octanol–water partition coefficient (Wildman–Crippen LogP) is 2.16. The van der Waals surface area contributed by atoms with E-state index >= 15 is 0 Å². The molecule has 2 heterocycles. The van der Waals surface area contributed by atoms with Crippen LogP contribution in [0.2, 0.25) is 0 Å². The van der Waals surface area contributed by atoms with Gasteiger partial charge in [0.25, 0.3) is 0 Å². The topological polar surface area (TPSA) is 53.4 Å². The Morgan fingerprint density at radius 1 is 1.29 bits per heavy atom. The summed E-state index contributed by atoms with van der Waals surface area (Å²) in [7, 11) is 0. The quantitative estimate of drug-likeness (QED) is 0.870. The normalized spacial score (nSPS) is 17.6. The first kappa shape index (κ1) is 12.0. The molecule has 0 saturated carbocycles. The second-order valence-corrected chi connectivity index (χ2v) is 4.49. The minimum Gasteiger partial charge on any atom is -0.478 e. The number of pyridine rings is 1. The van der Waals surface area contributed by atoms with E-state index in [4.69, 9.17) is 5.11 Å². The van der Waals surface area contributed by atoms with E-state index in [1.807, 2.05) is 0 Å². The van der Waals surface area contributed by atoms with Crippen molar-refractivity contribution in [3.63, 3.8) is 0 Å². The standard InChI is InChI=1S/C13H18N2O2/c16-13(17)11-6-5-7-14-12(11)10-15-8-3-1-2-4-9-15/h5-7H,1-4,8-10H2,(H,16,17). The molecule has 0 aromatic carbocycles. The fraction of sp³-hybridized carbons (Fsp3) is 0.538. The molecule has 17 heavy (non-hydrogen) atoms. The van der Waals surface area contributed by atoms with E-state index in [2.05, 4.69) is 9.88 Å². The van der Waals surface area contributed by atoms with Crippen molar-refractivity contribution in [3.05, 3.63) is 29.6 Å². The van der Waals surface area contributed by atoms with Crippen LogP contribution in [0.4, 0.5) is 0 Å². The molecule has 0 amide bonds. The van der Waals surface area contributed by atoms with Crippen LogP contribution in [0.25, 0.3) is 0 Å². The zero-order valence-electron chi connectivity index (χ0n) is 9.93. The van der Waals surface area contributed by atoms with Gasteiger partial charge in [-0.3, -0.25) is 9.88 Å². The molecule has 1 saturated heterocycles. The van der Waals surface area contributed by atoms with E-state index in [1.165, 1.54) is 25.7 Å². The van der Waals surface area contributed by atoms with Gasteiger partial charge >= 0.3 is 5.97 Å². The Balaban J connectivity index is 2.09. The minimum atomic E-state index is -0.886. The zero-order valence-corrected chi connectivity index (χ0v) is 9.93. The molecule has 92 valence electrons. The smallest absolute Gasteiger partial charge is 0.337 e. The van der Waals surface area contributed by atoms with Crippen LogP contribution in [0.15, 0.2) is 18.3 Å². The van der Waals surface area contributed by atoms with Gasteiger partial charge in [-0.15, -0.1) is 0 Å². The SMILES string of the molecule is O=C(O)c1cccnc1CN1CCCCCC1. The highest BCUT2D eigenvalue weighted by Crippen LogP contribution is 2.14. The van der Waals surface area contributed by atoms with Crippen LogP contribution >= 0.6 is 0 Å². The van der Waals surface area contributed by atoms with E-state index in [0.29, 0.717) is 17.8 Å². The van der Waals surface area contributed by atoms with E-state index in [9.17, 15) is 4.79 Å². The molecule has 1 aromatic rings. The van der Waals surface area contributed by atoms with Crippen molar-refractivity contribution < 1.29 is 9.90 Å². The van der Waals surface area contributed by atoms with Crippen molar-refractivity contribution in [2.24, 2.45) is 0 Å². The Bertz CT molecular complexity index is 385. The molecular formula is C13H18N2O2. The lowest BCUT2D eigenvalue weighted by Gasteiger charge is -2.19. The summed E-state index contributed by atoms with van der Waals surface area (Å²) < 4.78 is 0. The molecule has 1 aromatic heterocycles. The molecule has 0 bridgehead atoms. The van der Waals surface area contributed by atoms with Crippen LogP contribution in [-0.4, -0.2) is 34.0 Å². The van der Waals surface area contributed by atoms with Gasteiger partial charge in [-0.1, -0.05) is 12.8 Å². The maximum Gasteiger partial charge on any atom is 0.337 e. The summed E-state index contributed by atoms with van der Waals surface area (Å²) in [4.78, 5) is 17.6. The summed E-state index contributed by atoms with van der Waals surface area (Å²) in [6.45, 7) is 2.76. The monoisotopic (exact) mass is 234 g/mol. The van der Waals surface area contributed by atoms with Crippen LogP contribution in [0.3, 0.4) is 0 Å². The predicted molar refractivity (Wildman–Crippen MR) is 64.9 cm³/mol. The number of carbonyl (C=O) groups is 1. The molecular weight excluding hydrogens is 216 g/mol. The molecule has 0 spiro atoms. The first-order valence-corrected chi connectivity index (χ1v) is 6.17. The Kier molecular flexibility index (Phi) is 4.09. The van der Waals surface area contributed by atoms with Crippen molar-refractivity contribution in [3.8, 4) is 0 Å². The second-order valence-electron chi connectivity index (χ2n) is 4.49. The summed E-state index contributed by atoms with van der Waals surface area (Å²) in [5, 5.41) is 9.09. The third kappa shape index (κ3) is 3.27. The number of likely N-dealkylation sites (tertiary alicyclic amines) is 1. The Hall–Kier alpha value is -1.42. The van der Waals surface area contributed by atoms with E-state index in [1.54, 1.807) is 18.3 Å². The van der Waals surface area contributed by atoms with Crippen LogP contribution in [-0.2, 0) is 6.54 Å². The number of aromatic nitrogens is 1. The van der Waals surface area contributed by atoms with Crippen molar-refractivity contribution in [1.82, 2.24) is 9.88 Å². The fourth-order valence-corrected chi connectivity index (χ4v) is 2.26. The summed E-state index contributed by atoms with van der Waals surface area (Å²) in [5.74, 6) is -0.886. The van der Waals surface area contributed by atoms with Gasteiger partial charge in [-0.05, 0) is 38.1 Å². The summed E-state index contributed by atoms with van der Waals surface area (Å²) in [5.41, 5.74) is 1.01. The average molecular weight is 234 g/mol. The average Bonchev–Trinajstić information content (AvgIpc) is 2.58. The highest BCUT2D eigenvalue weighted by Gasteiger charge is 2.15. The fourth-order valence-electron chi connectivity index (χ4n) is 2.26. The molecule has 0 aliphatic carbocycles. The number of nitrogens with zero attached hydrogens (tertiary/aromatic N) is 2. The highest BCUT2D eigenvalue weighted by atomic mass is 16.4. The van der Waals surface area contributed by atoms with E-state index in [-0.39, 0.29) is 0 Å². The molecule has 1 fully saturated rings. The number of hydrogen-bond acceptors (Lipinski definition) is 3. The van der Waals surface area contributed by atoms with Gasteiger partial charge in [0.05, 0.1) is 11.3 Å². The third-order valence-corrected chi connectivity index (χ3v) is 3.19. The van der Waals surface area contributed by atoms with Crippen LogP contribution in [0.5, 0.6) is 0 Å². The molecule has 1 aliphatic rings. The molecule has 4 heteroatoms. The Morgan fingerprint density at radius 3 is 2.65 bits per heavy atom. The van der Waals surface area contributed by atoms with E-state index < -0.39 is 5.97 Å². The van der Waals surface area contributed by atoms with Crippen molar-refractivity contribution in [2.75, 3.05) is 13.1 Å². The van der Waals surface area contributed by atoms with E-state index in [0.717, 1.165) is 13.1 Å². The zero-order chi connectivity index (χ0) is 12.1. The molecule has 1 N–H and O–H groups in total. The molecule has 4 nitrogen and oxygen atoms in total. The highest BCUT2D eigenvalue weighted by molar-refractivity contribution is 5.88. The van der Waals surface area contributed by atoms with Crippen molar-refractivity contribution >= 4 is 5.97 Å². The lowest BCUT2D eigenvalue weighted by atomic mass is 10.2. The van der Waals surface area contributed by atoms with Crippen molar-refractivity contribution in [2.45, 2.75) is 32.2 Å². The number of rotatable bonds is 3. The number of carboxylic acids is 1. The van der Waals surface area contributed by atoms with Gasteiger partial charge in [0, 0.05) is 12.7 Å². The van der Waals surface area contributed by atoms with Gasteiger partial charge in [0.15, 0.2) is 0 Å². The lowest BCUT2D eigenvalue weighted by Crippen LogP contribution is -2.25. The van der Waals surface area contributed by atoms with Crippen LogP contribution < -0.4 is 0 Å². The number of hydrogen-bond donors (Lipinski definition) is 1. The van der Waals surface area contributed by atoms with Gasteiger partial charge in [0.1, 0.15) is 0 Å². The van der Waals surface area contributed by atoms with Gasteiger partial charge in [-0.2, -0.15) is 0 Å².